The molecule has 0 aromatic carbocycles. The fourth-order valence-corrected chi connectivity index (χ4v) is 3.82. The van der Waals surface area contributed by atoms with Gasteiger partial charge < -0.3 is 9.80 Å². The van der Waals surface area contributed by atoms with Gasteiger partial charge in [0.2, 0.25) is 0 Å². The van der Waals surface area contributed by atoms with Gasteiger partial charge in [-0.25, -0.2) is 4.98 Å². The van der Waals surface area contributed by atoms with E-state index in [1.54, 1.807) is 0 Å². The molecule has 3 rings (SSSR count). The summed E-state index contributed by atoms with van der Waals surface area (Å²) in [5.74, 6) is 1.71. The SMILES string of the molecule is CC1CCN(CC2CCCN(c3ccnc(Cl)c3)C2)CC1. The summed E-state index contributed by atoms with van der Waals surface area (Å²) in [4.78, 5) is 9.24. The second-order valence-electron chi connectivity index (χ2n) is 6.77. The molecule has 116 valence electrons. The van der Waals surface area contributed by atoms with Crippen LogP contribution in [0.4, 0.5) is 5.69 Å². The Labute approximate surface area is 133 Å². The molecule has 1 atom stereocenters. The fourth-order valence-electron chi connectivity index (χ4n) is 3.65. The van der Waals surface area contributed by atoms with Crippen LogP contribution < -0.4 is 4.90 Å². The molecule has 0 N–H and O–H groups in total. The number of pyridine rings is 1. The van der Waals surface area contributed by atoms with Crippen LogP contribution in [-0.4, -0.2) is 42.6 Å². The van der Waals surface area contributed by atoms with Crippen molar-refractivity contribution >= 4 is 17.3 Å². The number of aromatic nitrogens is 1. The average molecular weight is 308 g/mol. The molecule has 0 bridgehead atoms. The molecular formula is C17H26ClN3. The van der Waals surface area contributed by atoms with Gasteiger partial charge >= 0.3 is 0 Å². The van der Waals surface area contributed by atoms with Gasteiger partial charge in [0.15, 0.2) is 0 Å². The lowest BCUT2D eigenvalue weighted by molar-refractivity contribution is 0.159. The highest BCUT2D eigenvalue weighted by Crippen LogP contribution is 2.26. The number of likely N-dealkylation sites (tertiary alicyclic amines) is 1. The summed E-state index contributed by atoms with van der Waals surface area (Å²) in [7, 11) is 0. The largest absolute Gasteiger partial charge is 0.371 e. The topological polar surface area (TPSA) is 19.4 Å². The Morgan fingerprint density at radius 2 is 2.05 bits per heavy atom. The van der Waals surface area contributed by atoms with Gasteiger partial charge in [0, 0.05) is 31.5 Å². The van der Waals surface area contributed by atoms with Crippen LogP contribution in [0, 0.1) is 11.8 Å². The van der Waals surface area contributed by atoms with E-state index in [-0.39, 0.29) is 0 Å². The minimum absolute atomic E-state index is 0.597. The van der Waals surface area contributed by atoms with Crippen molar-refractivity contribution in [3.8, 4) is 0 Å². The third-order valence-electron chi connectivity index (χ3n) is 4.99. The summed E-state index contributed by atoms with van der Waals surface area (Å²) >= 11 is 6.02. The van der Waals surface area contributed by atoms with Crippen LogP contribution >= 0.6 is 11.6 Å². The molecule has 21 heavy (non-hydrogen) atoms. The monoisotopic (exact) mass is 307 g/mol. The maximum atomic E-state index is 6.02. The molecule has 0 saturated carbocycles. The molecule has 0 amide bonds. The summed E-state index contributed by atoms with van der Waals surface area (Å²) in [6.07, 6.45) is 7.20. The van der Waals surface area contributed by atoms with Gasteiger partial charge in [0.25, 0.3) is 0 Å². The first-order chi connectivity index (χ1) is 10.2. The van der Waals surface area contributed by atoms with Crippen molar-refractivity contribution in [1.82, 2.24) is 9.88 Å². The van der Waals surface area contributed by atoms with E-state index in [1.165, 1.54) is 51.0 Å². The van der Waals surface area contributed by atoms with Crippen molar-refractivity contribution in [3.05, 3.63) is 23.5 Å². The molecule has 2 aliphatic rings. The Balaban J connectivity index is 1.56. The van der Waals surface area contributed by atoms with Gasteiger partial charge in [-0.15, -0.1) is 0 Å². The van der Waals surface area contributed by atoms with Gasteiger partial charge in [-0.05, 0) is 62.7 Å². The zero-order valence-corrected chi connectivity index (χ0v) is 13.7. The van der Waals surface area contributed by atoms with Gasteiger partial charge in [-0.1, -0.05) is 18.5 Å². The normalized spacial score (nSPS) is 25.2. The van der Waals surface area contributed by atoms with Crippen molar-refractivity contribution < 1.29 is 0 Å². The van der Waals surface area contributed by atoms with Crippen LogP contribution in [-0.2, 0) is 0 Å². The van der Waals surface area contributed by atoms with Gasteiger partial charge in [0.1, 0.15) is 5.15 Å². The zero-order valence-electron chi connectivity index (χ0n) is 13.0. The molecule has 0 aliphatic carbocycles. The van der Waals surface area contributed by atoms with Crippen LogP contribution in [0.3, 0.4) is 0 Å². The Morgan fingerprint density at radius 3 is 2.81 bits per heavy atom. The maximum absolute atomic E-state index is 6.02. The molecule has 4 heteroatoms. The average Bonchev–Trinajstić information content (AvgIpc) is 2.50. The molecule has 3 nitrogen and oxygen atoms in total. The predicted octanol–water partition coefficient (Wildman–Crippen LogP) is 3.68. The highest BCUT2D eigenvalue weighted by molar-refractivity contribution is 6.29. The van der Waals surface area contributed by atoms with Crippen LogP contribution in [0.2, 0.25) is 5.15 Å². The van der Waals surface area contributed by atoms with Gasteiger partial charge in [-0.3, -0.25) is 0 Å². The zero-order chi connectivity index (χ0) is 14.7. The molecule has 1 aromatic heterocycles. The van der Waals surface area contributed by atoms with Crippen molar-refractivity contribution in [2.75, 3.05) is 37.6 Å². The highest BCUT2D eigenvalue weighted by Gasteiger charge is 2.24. The van der Waals surface area contributed by atoms with E-state index in [4.69, 9.17) is 11.6 Å². The molecule has 3 heterocycles. The third kappa shape index (κ3) is 4.10. The Bertz CT molecular complexity index is 457. The van der Waals surface area contributed by atoms with Crippen LogP contribution in [0.25, 0.3) is 0 Å². The van der Waals surface area contributed by atoms with Gasteiger partial charge in [-0.2, -0.15) is 0 Å². The summed E-state index contributed by atoms with van der Waals surface area (Å²) in [6.45, 7) is 8.53. The van der Waals surface area contributed by atoms with E-state index in [0.717, 1.165) is 24.9 Å². The first-order valence-electron chi connectivity index (χ1n) is 8.29. The van der Waals surface area contributed by atoms with E-state index < -0.39 is 0 Å². The molecule has 2 fully saturated rings. The molecule has 2 saturated heterocycles. The standard InChI is InChI=1S/C17H26ClN3/c1-14-5-9-20(10-6-14)12-15-3-2-8-21(13-15)16-4-7-19-17(18)11-16/h4,7,11,14-15H,2-3,5-6,8-10,12-13H2,1H3. The Kier molecular flexibility index (Phi) is 5.02. The second kappa shape index (κ2) is 6.97. The highest BCUT2D eigenvalue weighted by atomic mass is 35.5. The van der Waals surface area contributed by atoms with Crippen molar-refractivity contribution in [1.29, 1.82) is 0 Å². The number of anilines is 1. The number of halogens is 1. The van der Waals surface area contributed by atoms with Crippen LogP contribution in [0.5, 0.6) is 0 Å². The maximum Gasteiger partial charge on any atom is 0.131 e. The molecular weight excluding hydrogens is 282 g/mol. The summed E-state index contributed by atoms with van der Waals surface area (Å²) in [5.41, 5.74) is 1.23. The smallest absolute Gasteiger partial charge is 0.131 e. The first kappa shape index (κ1) is 15.1. The lowest BCUT2D eigenvalue weighted by atomic mass is 9.94. The number of hydrogen-bond donors (Lipinski definition) is 0. The summed E-state index contributed by atoms with van der Waals surface area (Å²) in [6, 6.07) is 4.07. The van der Waals surface area contributed by atoms with E-state index >= 15 is 0 Å². The molecule has 0 radical (unpaired) electrons. The van der Waals surface area contributed by atoms with E-state index in [9.17, 15) is 0 Å². The predicted molar refractivity (Wildman–Crippen MR) is 89.0 cm³/mol. The summed E-state index contributed by atoms with van der Waals surface area (Å²) < 4.78 is 0. The van der Waals surface area contributed by atoms with E-state index in [1.807, 2.05) is 12.3 Å². The van der Waals surface area contributed by atoms with Gasteiger partial charge in [0.05, 0.1) is 0 Å². The third-order valence-corrected chi connectivity index (χ3v) is 5.19. The minimum Gasteiger partial charge on any atom is -0.371 e. The summed E-state index contributed by atoms with van der Waals surface area (Å²) in [5, 5.41) is 0.597. The number of nitrogens with zero attached hydrogens (tertiary/aromatic N) is 3. The Hall–Kier alpha value is -0.800. The van der Waals surface area contributed by atoms with E-state index in [0.29, 0.717) is 5.15 Å². The molecule has 2 aliphatic heterocycles. The number of piperidine rings is 2. The molecule has 1 unspecified atom stereocenters. The van der Waals surface area contributed by atoms with Crippen molar-refractivity contribution in [2.24, 2.45) is 11.8 Å². The van der Waals surface area contributed by atoms with Crippen LogP contribution in [0.1, 0.15) is 32.6 Å². The molecule has 1 aromatic rings. The second-order valence-corrected chi connectivity index (χ2v) is 7.16. The van der Waals surface area contributed by atoms with E-state index in [2.05, 4.69) is 27.8 Å². The fraction of sp³-hybridized carbons (Fsp3) is 0.706. The minimum atomic E-state index is 0.597. The van der Waals surface area contributed by atoms with Crippen LogP contribution in [0.15, 0.2) is 18.3 Å². The lowest BCUT2D eigenvalue weighted by Crippen LogP contribution is -2.43. The molecule has 0 spiro atoms. The first-order valence-corrected chi connectivity index (χ1v) is 8.67. The lowest BCUT2D eigenvalue weighted by Gasteiger charge is -2.38. The van der Waals surface area contributed by atoms with Crippen molar-refractivity contribution in [3.63, 3.8) is 0 Å². The van der Waals surface area contributed by atoms with Crippen molar-refractivity contribution in [2.45, 2.75) is 32.6 Å². The number of rotatable bonds is 3. The quantitative estimate of drug-likeness (QED) is 0.794. The Morgan fingerprint density at radius 1 is 1.24 bits per heavy atom. The number of hydrogen-bond acceptors (Lipinski definition) is 3.